The Kier molecular flexibility index (Phi) is 4.05. The molecule has 0 atom stereocenters. The van der Waals surface area contributed by atoms with E-state index in [1.165, 1.54) is 11.6 Å². The molecular weight excluding hydrogens is 239 g/mol. The third-order valence-electron chi connectivity index (χ3n) is 1.54. The quantitative estimate of drug-likeness (QED) is 0.660. The second-order valence-electron chi connectivity index (χ2n) is 2.71. The van der Waals surface area contributed by atoms with E-state index in [4.69, 9.17) is 0 Å². The van der Waals surface area contributed by atoms with Crippen molar-refractivity contribution in [1.82, 2.24) is 10.3 Å². The van der Waals surface area contributed by atoms with Crippen LogP contribution in [0.3, 0.4) is 0 Å². The third kappa shape index (κ3) is 3.06. The van der Waals surface area contributed by atoms with Crippen molar-refractivity contribution in [2.24, 2.45) is 4.99 Å². The smallest absolute Gasteiger partial charge is 0.346 e. The first-order valence-electron chi connectivity index (χ1n) is 4.44. The van der Waals surface area contributed by atoms with Gasteiger partial charge in [0.05, 0.1) is 0 Å². The lowest BCUT2D eigenvalue weighted by Crippen LogP contribution is -2.19. The molecule has 1 heterocycles. The molecule has 7 heteroatoms. The molecule has 1 aromatic heterocycles. The van der Waals surface area contributed by atoms with E-state index in [0.29, 0.717) is 23.7 Å². The van der Waals surface area contributed by atoms with Gasteiger partial charge in [0, 0.05) is 11.9 Å². The number of rotatable bonds is 3. The summed E-state index contributed by atoms with van der Waals surface area (Å²) in [6.07, 6.45) is -3.06. The first-order chi connectivity index (χ1) is 7.49. The van der Waals surface area contributed by atoms with Crippen LogP contribution in [0.25, 0.3) is 0 Å². The van der Waals surface area contributed by atoms with Crippen molar-refractivity contribution in [2.75, 3.05) is 6.54 Å². The molecule has 88 valence electrons. The fourth-order valence-corrected chi connectivity index (χ4v) is 1.64. The number of halogens is 3. The highest BCUT2D eigenvalue weighted by Crippen LogP contribution is 2.31. The predicted octanol–water partition coefficient (Wildman–Crippen LogP) is 2.66. The Hall–Kier alpha value is -1.37. The Labute approximate surface area is 94.7 Å². The summed E-state index contributed by atoms with van der Waals surface area (Å²) in [6.45, 7) is 5.66. The molecule has 3 nitrogen and oxygen atoms in total. The Bertz CT molecular complexity index is 395. The molecule has 16 heavy (non-hydrogen) atoms. The SMILES string of the molecule is C=CNC(=NCC)c1csc(C(F)(F)F)n1. The summed E-state index contributed by atoms with van der Waals surface area (Å²) >= 11 is 0.545. The second-order valence-corrected chi connectivity index (χ2v) is 3.57. The third-order valence-corrected chi connectivity index (χ3v) is 2.43. The zero-order chi connectivity index (χ0) is 12.2. The standard InChI is InChI=1S/C9H10F3N3S/c1-3-13-7(14-4-2)6-5-16-8(15-6)9(10,11)12/h3,5H,1,4H2,2H3,(H,13,14). The van der Waals surface area contributed by atoms with Gasteiger partial charge in [0.15, 0.2) is 10.8 Å². The number of aliphatic imine (C=N–C) groups is 1. The lowest BCUT2D eigenvalue weighted by molar-refractivity contribution is -0.137. The number of hydrogen-bond acceptors (Lipinski definition) is 3. The monoisotopic (exact) mass is 249 g/mol. The van der Waals surface area contributed by atoms with Crippen LogP contribution in [0.2, 0.25) is 0 Å². The molecule has 0 saturated carbocycles. The molecule has 0 aliphatic carbocycles. The topological polar surface area (TPSA) is 37.3 Å². The summed E-state index contributed by atoms with van der Waals surface area (Å²) in [5.41, 5.74) is 0.180. The van der Waals surface area contributed by atoms with Crippen molar-refractivity contribution in [3.8, 4) is 0 Å². The van der Waals surface area contributed by atoms with Crippen LogP contribution in [0.1, 0.15) is 17.6 Å². The van der Waals surface area contributed by atoms with E-state index in [1.54, 1.807) is 6.92 Å². The number of amidine groups is 1. The molecular formula is C9H10F3N3S. The van der Waals surface area contributed by atoms with Crippen molar-refractivity contribution in [3.05, 3.63) is 28.9 Å². The van der Waals surface area contributed by atoms with Gasteiger partial charge in [-0.05, 0) is 13.1 Å². The zero-order valence-electron chi connectivity index (χ0n) is 8.51. The molecule has 1 rings (SSSR count). The highest BCUT2D eigenvalue weighted by atomic mass is 32.1. The van der Waals surface area contributed by atoms with Crippen molar-refractivity contribution < 1.29 is 13.2 Å². The van der Waals surface area contributed by atoms with Gasteiger partial charge in [0.1, 0.15) is 5.69 Å². The minimum atomic E-state index is -4.41. The van der Waals surface area contributed by atoms with Gasteiger partial charge in [0.25, 0.3) is 0 Å². The van der Waals surface area contributed by atoms with E-state index in [-0.39, 0.29) is 5.69 Å². The van der Waals surface area contributed by atoms with Crippen LogP contribution in [0, 0.1) is 0 Å². The van der Waals surface area contributed by atoms with E-state index in [2.05, 4.69) is 21.9 Å². The zero-order valence-corrected chi connectivity index (χ0v) is 9.32. The lowest BCUT2D eigenvalue weighted by Gasteiger charge is -2.02. The molecule has 0 aliphatic heterocycles. The van der Waals surface area contributed by atoms with Gasteiger partial charge in [-0.3, -0.25) is 4.99 Å². The average Bonchev–Trinajstić information content (AvgIpc) is 2.65. The Morgan fingerprint density at radius 2 is 2.38 bits per heavy atom. The van der Waals surface area contributed by atoms with E-state index < -0.39 is 11.2 Å². The van der Waals surface area contributed by atoms with Crippen LogP contribution < -0.4 is 5.32 Å². The second kappa shape index (κ2) is 5.11. The molecule has 0 radical (unpaired) electrons. The Morgan fingerprint density at radius 3 is 2.81 bits per heavy atom. The van der Waals surface area contributed by atoms with Crippen molar-refractivity contribution >= 4 is 17.2 Å². The van der Waals surface area contributed by atoms with Crippen molar-refractivity contribution in [2.45, 2.75) is 13.1 Å². The number of hydrogen-bond donors (Lipinski definition) is 1. The first kappa shape index (κ1) is 12.7. The maximum atomic E-state index is 12.3. The summed E-state index contributed by atoms with van der Waals surface area (Å²) in [5, 5.41) is 3.09. The number of aromatic nitrogens is 1. The van der Waals surface area contributed by atoms with E-state index in [9.17, 15) is 13.2 Å². The Balaban J connectivity index is 2.99. The van der Waals surface area contributed by atoms with E-state index in [1.807, 2.05) is 0 Å². The fourth-order valence-electron chi connectivity index (χ4n) is 0.968. The minimum Gasteiger partial charge on any atom is -0.346 e. The molecule has 0 bridgehead atoms. The maximum absolute atomic E-state index is 12.3. The first-order valence-corrected chi connectivity index (χ1v) is 5.32. The Morgan fingerprint density at radius 1 is 1.69 bits per heavy atom. The number of thiazole rings is 1. The van der Waals surface area contributed by atoms with Crippen LogP contribution in [0.15, 0.2) is 23.2 Å². The highest BCUT2D eigenvalue weighted by Gasteiger charge is 2.34. The van der Waals surface area contributed by atoms with Crippen LogP contribution >= 0.6 is 11.3 Å². The van der Waals surface area contributed by atoms with E-state index in [0.717, 1.165) is 0 Å². The molecule has 0 amide bonds. The molecule has 0 aromatic carbocycles. The van der Waals surface area contributed by atoms with Gasteiger partial charge in [-0.2, -0.15) is 13.2 Å². The molecule has 1 N–H and O–H groups in total. The van der Waals surface area contributed by atoms with Gasteiger partial charge in [-0.25, -0.2) is 4.98 Å². The average molecular weight is 249 g/mol. The van der Waals surface area contributed by atoms with Crippen LogP contribution in [0.4, 0.5) is 13.2 Å². The molecule has 0 aliphatic rings. The molecule has 0 fully saturated rings. The molecule has 0 saturated heterocycles. The summed E-state index contributed by atoms with van der Waals surface area (Å²) in [6, 6.07) is 0. The van der Waals surface area contributed by atoms with Crippen LogP contribution in [0.5, 0.6) is 0 Å². The summed E-state index contributed by atoms with van der Waals surface area (Å²) in [7, 11) is 0. The van der Waals surface area contributed by atoms with Gasteiger partial charge < -0.3 is 5.32 Å². The van der Waals surface area contributed by atoms with Gasteiger partial charge in [0.2, 0.25) is 0 Å². The van der Waals surface area contributed by atoms with Crippen LogP contribution in [-0.4, -0.2) is 17.4 Å². The van der Waals surface area contributed by atoms with E-state index >= 15 is 0 Å². The number of nitrogens with zero attached hydrogens (tertiary/aromatic N) is 2. The number of nitrogens with one attached hydrogen (secondary N) is 1. The summed E-state index contributed by atoms with van der Waals surface area (Å²) in [5.74, 6) is 0.296. The van der Waals surface area contributed by atoms with Gasteiger partial charge in [-0.15, -0.1) is 11.3 Å². The fraction of sp³-hybridized carbons (Fsp3) is 0.333. The lowest BCUT2D eigenvalue weighted by atomic mass is 10.4. The predicted molar refractivity (Wildman–Crippen MR) is 57.5 cm³/mol. The van der Waals surface area contributed by atoms with Crippen molar-refractivity contribution in [1.29, 1.82) is 0 Å². The summed E-state index contributed by atoms with van der Waals surface area (Å²) in [4.78, 5) is 7.46. The van der Waals surface area contributed by atoms with Crippen molar-refractivity contribution in [3.63, 3.8) is 0 Å². The maximum Gasteiger partial charge on any atom is 0.443 e. The molecule has 0 spiro atoms. The largest absolute Gasteiger partial charge is 0.443 e. The highest BCUT2D eigenvalue weighted by molar-refractivity contribution is 7.10. The van der Waals surface area contributed by atoms with Gasteiger partial charge >= 0.3 is 6.18 Å². The molecule has 0 unspecified atom stereocenters. The molecule has 1 aromatic rings. The number of alkyl halides is 3. The summed E-state index contributed by atoms with van der Waals surface area (Å²) < 4.78 is 36.9. The minimum absolute atomic E-state index is 0.180. The van der Waals surface area contributed by atoms with Crippen LogP contribution in [-0.2, 0) is 6.18 Å². The van der Waals surface area contributed by atoms with Gasteiger partial charge in [-0.1, -0.05) is 6.58 Å². The normalized spacial score (nSPS) is 12.6.